The van der Waals surface area contributed by atoms with Crippen LogP contribution in [0.1, 0.15) is 23.7 Å². The molecule has 6 nitrogen and oxygen atoms in total. The maximum absolute atomic E-state index is 12.4. The van der Waals surface area contributed by atoms with Crippen molar-refractivity contribution < 1.29 is 28.5 Å². The Morgan fingerprint density at radius 2 is 1.84 bits per heavy atom. The molecular weight excluding hydrogens is 324 g/mol. The second kappa shape index (κ2) is 7.27. The van der Waals surface area contributed by atoms with Gasteiger partial charge in [0.05, 0.1) is 24.5 Å². The summed E-state index contributed by atoms with van der Waals surface area (Å²) in [5.74, 6) is -1.02. The lowest BCUT2D eigenvalue weighted by Crippen LogP contribution is -2.37. The summed E-state index contributed by atoms with van der Waals surface area (Å²) in [6.45, 7) is 1.99. The molecule has 0 unspecified atom stereocenters. The van der Waals surface area contributed by atoms with Crippen LogP contribution in [0.15, 0.2) is 42.2 Å². The molecule has 1 aliphatic heterocycles. The van der Waals surface area contributed by atoms with Gasteiger partial charge in [0.1, 0.15) is 6.10 Å². The number of methoxy groups -OCH3 is 2. The van der Waals surface area contributed by atoms with Crippen LogP contribution in [-0.4, -0.2) is 38.6 Å². The molecule has 1 heterocycles. The van der Waals surface area contributed by atoms with Gasteiger partial charge >= 0.3 is 11.9 Å². The molecule has 25 heavy (non-hydrogen) atoms. The highest BCUT2D eigenvalue weighted by Crippen LogP contribution is 2.48. The molecule has 0 amide bonds. The molecule has 0 bridgehead atoms. The molecule has 1 saturated carbocycles. The molecule has 1 aromatic rings. The highest BCUT2D eigenvalue weighted by molar-refractivity contribution is 5.90. The van der Waals surface area contributed by atoms with Crippen molar-refractivity contribution in [2.24, 2.45) is 17.8 Å². The number of ether oxygens (including phenoxy) is 4. The SMILES string of the molecule is COC(=O)C1=CO[C@H](OC)[C@@H]2[C@@H](C)[C@@H](OC(=O)c3ccccc3)C[C@H]12. The number of benzene rings is 1. The summed E-state index contributed by atoms with van der Waals surface area (Å²) < 4.78 is 21.6. The van der Waals surface area contributed by atoms with Crippen molar-refractivity contribution >= 4 is 11.9 Å². The number of hydrogen-bond acceptors (Lipinski definition) is 6. The Balaban J connectivity index is 1.79. The third-order valence-corrected chi connectivity index (χ3v) is 5.11. The van der Waals surface area contributed by atoms with Crippen LogP contribution < -0.4 is 0 Å². The van der Waals surface area contributed by atoms with Crippen LogP contribution in [0.2, 0.25) is 0 Å². The van der Waals surface area contributed by atoms with E-state index in [4.69, 9.17) is 18.9 Å². The first-order valence-electron chi connectivity index (χ1n) is 8.29. The van der Waals surface area contributed by atoms with Crippen molar-refractivity contribution in [1.82, 2.24) is 0 Å². The van der Waals surface area contributed by atoms with Gasteiger partial charge in [0.25, 0.3) is 0 Å². The van der Waals surface area contributed by atoms with Crippen molar-refractivity contribution in [1.29, 1.82) is 0 Å². The standard InChI is InChI=1S/C19H22O6/c1-11-15(25-17(20)12-7-5-4-6-8-12)9-13-14(18(21)22-2)10-24-19(23-3)16(11)13/h4-8,10-11,13,15-16,19H,9H2,1-3H3/t11-,13+,15-,16+,19-/m0/s1. The van der Waals surface area contributed by atoms with Gasteiger partial charge in [0.15, 0.2) is 0 Å². The molecule has 0 aromatic heterocycles. The average molecular weight is 346 g/mol. The highest BCUT2D eigenvalue weighted by Gasteiger charge is 2.52. The second-order valence-electron chi connectivity index (χ2n) is 6.39. The van der Waals surface area contributed by atoms with E-state index in [-0.39, 0.29) is 29.8 Å². The minimum Gasteiger partial charge on any atom is -0.472 e. The fourth-order valence-electron chi connectivity index (χ4n) is 3.79. The van der Waals surface area contributed by atoms with Crippen LogP contribution in [0.4, 0.5) is 0 Å². The lowest BCUT2D eigenvalue weighted by molar-refractivity contribution is -0.155. The monoisotopic (exact) mass is 346 g/mol. The van der Waals surface area contributed by atoms with E-state index in [0.717, 1.165) is 0 Å². The zero-order chi connectivity index (χ0) is 18.0. The van der Waals surface area contributed by atoms with Crippen LogP contribution in [0.5, 0.6) is 0 Å². The first-order valence-corrected chi connectivity index (χ1v) is 8.29. The second-order valence-corrected chi connectivity index (χ2v) is 6.39. The smallest absolute Gasteiger partial charge is 0.338 e. The normalized spacial score (nSPS) is 30.7. The zero-order valence-electron chi connectivity index (χ0n) is 14.5. The van der Waals surface area contributed by atoms with Gasteiger partial charge < -0.3 is 18.9 Å². The Labute approximate surface area is 146 Å². The number of fused-ring (bicyclic) bond motifs is 1. The van der Waals surface area contributed by atoms with Gasteiger partial charge in [0, 0.05) is 24.9 Å². The first-order chi connectivity index (χ1) is 12.1. The molecule has 0 radical (unpaired) electrons. The fourth-order valence-corrected chi connectivity index (χ4v) is 3.79. The van der Waals surface area contributed by atoms with Crippen LogP contribution in [-0.2, 0) is 23.7 Å². The van der Waals surface area contributed by atoms with Crippen molar-refractivity contribution in [3.63, 3.8) is 0 Å². The Morgan fingerprint density at radius 1 is 1.12 bits per heavy atom. The Morgan fingerprint density at radius 3 is 2.48 bits per heavy atom. The maximum atomic E-state index is 12.4. The first kappa shape index (κ1) is 17.5. The number of carbonyl (C=O) groups is 2. The van der Waals surface area contributed by atoms with Gasteiger partial charge in [-0.15, -0.1) is 0 Å². The molecule has 6 heteroatoms. The van der Waals surface area contributed by atoms with E-state index in [1.807, 2.05) is 13.0 Å². The van der Waals surface area contributed by atoms with E-state index in [1.54, 1.807) is 31.4 Å². The van der Waals surface area contributed by atoms with Gasteiger partial charge in [-0.1, -0.05) is 25.1 Å². The number of rotatable bonds is 4. The van der Waals surface area contributed by atoms with Crippen molar-refractivity contribution in [3.8, 4) is 0 Å². The van der Waals surface area contributed by atoms with Gasteiger partial charge in [-0.2, -0.15) is 0 Å². The third-order valence-electron chi connectivity index (χ3n) is 5.11. The van der Waals surface area contributed by atoms with E-state index in [9.17, 15) is 9.59 Å². The van der Waals surface area contributed by atoms with Gasteiger partial charge in [-0.3, -0.25) is 0 Å². The summed E-state index contributed by atoms with van der Waals surface area (Å²) >= 11 is 0. The Bertz CT molecular complexity index is 668. The van der Waals surface area contributed by atoms with Crippen LogP contribution in [0.25, 0.3) is 0 Å². The minimum absolute atomic E-state index is 0.0176. The highest BCUT2D eigenvalue weighted by atomic mass is 16.7. The summed E-state index contributed by atoms with van der Waals surface area (Å²) in [5, 5.41) is 0. The summed E-state index contributed by atoms with van der Waals surface area (Å²) in [6, 6.07) is 8.87. The predicted octanol–water partition coefficient (Wildman–Crippen LogP) is 2.54. The summed E-state index contributed by atoms with van der Waals surface area (Å²) in [6.07, 6.45) is 1.15. The fraction of sp³-hybridized carbons (Fsp3) is 0.474. The molecule has 2 aliphatic rings. The number of esters is 2. The Kier molecular flexibility index (Phi) is 5.08. The predicted molar refractivity (Wildman–Crippen MR) is 88.4 cm³/mol. The topological polar surface area (TPSA) is 71.1 Å². The van der Waals surface area contributed by atoms with E-state index in [2.05, 4.69) is 0 Å². The zero-order valence-corrected chi connectivity index (χ0v) is 14.5. The molecule has 0 spiro atoms. The lowest BCUT2D eigenvalue weighted by Gasteiger charge is -2.34. The van der Waals surface area contributed by atoms with Crippen molar-refractivity contribution in [2.75, 3.05) is 14.2 Å². The molecule has 3 rings (SSSR count). The Hall–Kier alpha value is -2.34. The summed E-state index contributed by atoms with van der Waals surface area (Å²) in [5.41, 5.74) is 0.971. The van der Waals surface area contributed by atoms with Gasteiger partial charge in [-0.05, 0) is 18.6 Å². The summed E-state index contributed by atoms with van der Waals surface area (Å²) in [7, 11) is 2.90. The molecule has 1 aromatic carbocycles. The van der Waals surface area contributed by atoms with Crippen molar-refractivity contribution in [3.05, 3.63) is 47.7 Å². The van der Waals surface area contributed by atoms with Crippen LogP contribution in [0, 0.1) is 17.8 Å². The van der Waals surface area contributed by atoms with E-state index in [0.29, 0.717) is 17.6 Å². The third kappa shape index (κ3) is 3.26. The molecule has 0 N–H and O–H groups in total. The van der Waals surface area contributed by atoms with E-state index in [1.165, 1.54) is 13.4 Å². The van der Waals surface area contributed by atoms with Gasteiger partial charge in [-0.25, -0.2) is 9.59 Å². The minimum atomic E-state index is -0.478. The molecule has 5 atom stereocenters. The van der Waals surface area contributed by atoms with E-state index >= 15 is 0 Å². The summed E-state index contributed by atoms with van der Waals surface area (Å²) in [4.78, 5) is 24.4. The largest absolute Gasteiger partial charge is 0.472 e. The molecule has 1 fully saturated rings. The number of carbonyl (C=O) groups excluding carboxylic acids is 2. The van der Waals surface area contributed by atoms with Crippen molar-refractivity contribution in [2.45, 2.75) is 25.7 Å². The van der Waals surface area contributed by atoms with Crippen LogP contribution in [0.3, 0.4) is 0 Å². The molecule has 1 aliphatic carbocycles. The molecular formula is C19H22O6. The quantitative estimate of drug-likeness (QED) is 0.780. The molecule has 134 valence electrons. The van der Waals surface area contributed by atoms with Gasteiger partial charge in [0.2, 0.25) is 6.29 Å². The van der Waals surface area contributed by atoms with Crippen LogP contribution >= 0.6 is 0 Å². The average Bonchev–Trinajstić information content (AvgIpc) is 2.97. The molecule has 0 saturated heterocycles. The van der Waals surface area contributed by atoms with E-state index < -0.39 is 12.3 Å². The number of hydrogen-bond donors (Lipinski definition) is 0. The maximum Gasteiger partial charge on any atom is 0.338 e. The lowest BCUT2D eigenvalue weighted by atomic mass is 9.83.